The number of amides is 1. The van der Waals surface area contributed by atoms with Crippen LogP contribution in [0.2, 0.25) is 0 Å². The molecule has 6 heteroatoms. The van der Waals surface area contributed by atoms with Crippen LogP contribution < -0.4 is 4.74 Å². The Hall–Kier alpha value is -1.56. The molecule has 1 aliphatic rings. The Morgan fingerprint density at radius 1 is 1.53 bits per heavy atom. The molecule has 0 N–H and O–H groups in total. The molecule has 1 aliphatic heterocycles. The van der Waals surface area contributed by atoms with Crippen molar-refractivity contribution in [1.82, 2.24) is 4.90 Å². The van der Waals surface area contributed by atoms with Gasteiger partial charge in [-0.15, -0.1) is 0 Å². The third-order valence-corrected chi connectivity index (χ3v) is 2.38. The summed E-state index contributed by atoms with van der Waals surface area (Å²) in [5, 5.41) is 3.44. The van der Waals surface area contributed by atoms with Crippen LogP contribution in [-0.4, -0.2) is 24.1 Å². The zero-order chi connectivity index (χ0) is 10.7. The lowest BCUT2D eigenvalue weighted by Gasteiger charge is -2.10. The van der Waals surface area contributed by atoms with Crippen LogP contribution >= 0.6 is 15.9 Å². The molecule has 1 amide bonds. The van der Waals surface area contributed by atoms with Gasteiger partial charge in [-0.25, -0.2) is 9.69 Å². The number of benzene rings is 1. The zero-order valence-corrected chi connectivity index (χ0v) is 9.18. The normalized spacial score (nSPS) is 13.8. The molecule has 0 unspecified atom stereocenters. The summed E-state index contributed by atoms with van der Waals surface area (Å²) in [6.07, 6.45) is 0.752. The van der Waals surface area contributed by atoms with Crippen molar-refractivity contribution in [3.05, 3.63) is 28.7 Å². The van der Waals surface area contributed by atoms with Gasteiger partial charge in [-0.05, 0) is 28.1 Å². The predicted molar refractivity (Wildman–Crippen MR) is 56.4 cm³/mol. The summed E-state index contributed by atoms with van der Waals surface area (Å²) in [6, 6.07) is 7.09. The van der Waals surface area contributed by atoms with Crippen molar-refractivity contribution >= 4 is 28.4 Å². The molecule has 78 valence electrons. The highest BCUT2D eigenvalue weighted by Crippen LogP contribution is 2.24. The van der Waals surface area contributed by atoms with Gasteiger partial charge in [0.1, 0.15) is 12.1 Å². The molecule has 0 aliphatic carbocycles. The smallest absolute Gasteiger partial charge is 0.409 e. The molecular weight excluding hydrogens is 264 g/mol. The Labute approximate surface area is 94.4 Å². The number of ether oxygens (including phenoxy) is 1. The zero-order valence-electron chi connectivity index (χ0n) is 7.59. The van der Waals surface area contributed by atoms with Gasteiger partial charge in [0.25, 0.3) is 0 Å². The van der Waals surface area contributed by atoms with Gasteiger partial charge in [0, 0.05) is 0 Å². The quantitative estimate of drug-likeness (QED) is 0.786. The molecule has 0 fully saturated rings. The van der Waals surface area contributed by atoms with Gasteiger partial charge in [-0.1, -0.05) is 17.3 Å². The van der Waals surface area contributed by atoms with E-state index in [0.717, 1.165) is 4.47 Å². The van der Waals surface area contributed by atoms with E-state index in [0.29, 0.717) is 5.75 Å². The van der Waals surface area contributed by atoms with Crippen molar-refractivity contribution in [2.75, 3.05) is 6.73 Å². The third-order valence-electron chi connectivity index (χ3n) is 1.73. The van der Waals surface area contributed by atoms with Gasteiger partial charge >= 0.3 is 6.09 Å². The largest absolute Gasteiger partial charge is 0.423 e. The molecule has 5 nitrogen and oxygen atoms in total. The first-order valence-corrected chi connectivity index (χ1v) is 4.95. The number of hydrogen-bond donors (Lipinski definition) is 0. The maximum atomic E-state index is 11.5. The highest BCUT2D eigenvalue weighted by atomic mass is 79.9. The van der Waals surface area contributed by atoms with Gasteiger partial charge in [0.2, 0.25) is 0 Å². The van der Waals surface area contributed by atoms with Crippen LogP contribution in [0.5, 0.6) is 5.75 Å². The van der Waals surface area contributed by atoms with Crippen LogP contribution in [-0.2, 0) is 4.84 Å². The number of para-hydroxylation sites is 1. The van der Waals surface area contributed by atoms with Crippen molar-refractivity contribution in [3.8, 4) is 5.75 Å². The molecular formula is C9H7BrN2O3. The number of carbonyl (C=O) groups excluding carboxylic acids is 1. The highest BCUT2D eigenvalue weighted by molar-refractivity contribution is 9.10. The van der Waals surface area contributed by atoms with E-state index in [9.17, 15) is 4.79 Å². The van der Waals surface area contributed by atoms with E-state index in [1.54, 1.807) is 18.2 Å². The fourth-order valence-electron chi connectivity index (χ4n) is 0.999. The van der Waals surface area contributed by atoms with Crippen molar-refractivity contribution in [2.24, 2.45) is 5.16 Å². The molecule has 2 rings (SSSR count). The predicted octanol–water partition coefficient (Wildman–Crippen LogP) is 2.18. The average Bonchev–Trinajstić information content (AvgIpc) is 2.74. The first kappa shape index (κ1) is 9.97. The number of nitrogens with zero attached hydrogens (tertiary/aromatic N) is 2. The fourth-order valence-corrected chi connectivity index (χ4v) is 1.36. The molecule has 0 bridgehead atoms. The minimum Gasteiger partial charge on any atom is -0.409 e. The number of hydrogen-bond acceptors (Lipinski definition) is 4. The molecule has 1 aromatic carbocycles. The van der Waals surface area contributed by atoms with Crippen molar-refractivity contribution < 1.29 is 14.4 Å². The number of halogens is 1. The molecule has 0 aromatic heterocycles. The SMILES string of the molecule is O=C(Oc1ccccc1Br)N1C=NOC1. The van der Waals surface area contributed by atoms with Crippen LogP contribution in [0.3, 0.4) is 0 Å². The van der Waals surface area contributed by atoms with Crippen molar-refractivity contribution in [2.45, 2.75) is 0 Å². The fraction of sp³-hybridized carbons (Fsp3) is 0.111. The second kappa shape index (κ2) is 4.31. The minimum absolute atomic E-state index is 0.0866. The summed E-state index contributed by atoms with van der Waals surface area (Å²) in [5.74, 6) is 0.461. The summed E-state index contributed by atoms with van der Waals surface area (Å²) in [4.78, 5) is 17.3. The van der Waals surface area contributed by atoms with E-state index >= 15 is 0 Å². The average molecular weight is 271 g/mol. The molecule has 15 heavy (non-hydrogen) atoms. The van der Waals surface area contributed by atoms with E-state index in [-0.39, 0.29) is 6.73 Å². The standard InChI is InChI=1S/C9H7BrN2O3/c10-7-3-1-2-4-8(7)15-9(13)12-5-11-14-6-12/h1-5H,6H2. The topological polar surface area (TPSA) is 51.1 Å². The second-order valence-corrected chi connectivity index (χ2v) is 3.60. The first-order chi connectivity index (χ1) is 7.27. The van der Waals surface area contributed by atoms with Gasteiger partial charge in [0.05, 0.1) is 4.47 Å². The second-order valence-electron chi connectivity index (χ2n) is 2.75. The van der Waals surface area contributed by atoms with Gasteiger partial charge in [0.15, 0.2) is 6.73 Å². The van der Waals surface area contributed by atoms with Crippen LogP contribution in [0.15, 0.2) is 33.9 Å². The van der Waals surface area contributed by atoms with Crippen LogP contribution in [0.25, 0.3) is 0 Å². The Balaban J connectivity index is 2.05. The maximum Gasteiger partial charge on any atom is 0.423 e. The number of oxime groups is 1. The Morgan fingerprint density at radius 2 is 2.33 bits per heavy atom. The Kier molecular flexibility index (Phi) is 2.86. The molecule has 0 radical (unpaired) electrons. The lowest BCUT2D eigenvalue weighted by Crippen LogP contribution is -2.30. The Bertz CT molecular complexity index is 408. The van der Waals surface area contributed by atoms with Crippen molar-refractivity contribution in [3.63, 3.8) is 0 Å². The highest BCUT2D eigenvalue weighted by Gasteiger charge is 2.18. The Morgan fingerprint density at radius 3 is 3.00 bits per heavy atom. The molecule has 0 spiro atoms. The summed E-state index contributed by atoms with van der Waals surface area (Å²) in [7, 11) is 0. The molecule has 1 aromatic rings. The number of carbonyl (C=O) groups is 1. The number of rotatable bonds is 1. The van der Waals surface area contributed by atoms with E-state index in [1.165, 1.54) is 11.2 Å². The minimum atomic E-state index is -0.525. The monoisotopic (exact) mass is 270 g/mol. The molecule has 1 heterocycles. The van der Waals surface area contributed by atoms with Crippen LogP contribution in [0.1, 0.15) is 0 Å². The summed E-state index contributed by atoms with van der Waals surface area (Å²) < 4.78 is 5.82. The van der Waals surface area contributed by atoms with Crippen LogP contribution in [0.4, 0.5) is 4.79 Å². The molecule has 0 atom stereocenters. The molecule has 0 saturated heterocycles. The lowest BCUT2D eigenvalue weighted by molar-refractivity contribution is 0.102. The summed E-state index contributed by atoms with van der Waals surface area (Å²) in [6.45, 7) is 0.0866. The van der Waals surface area contributed by atoms with Gasteiger partial charge < -0.3 is 9.57 Å². The maximum absolute atomic E-state index is 11.5. The first-order valence-electron chi connectivity index (χ1n) is 4.16. The van der Waals surface area contributed by atoms with Gasteiger partial charge in [-0.3, -0.25) is 0 Å². The summed E-state index contributed by atoms with van der Waals surface area (Å²) in [5.41, 5.74) is 0. The van der Waals surface area contributed by atoms with E-state index < -0.39 is 6.09 Å². The third kappa shape index (κ3) is 2.27. The van der Waals surface area contributed by atoms with Crippen LogP contribution in [0, 0.1) is 0 Å². The van der Waals surface area contributed by atoms with E-state index in [2.05, 4.69) is 25.9 Å². The van der Waals surface area contributed by atoms with Gasteiger partial charge in [-0.2, -0.15) is 0 Å². The van der Waals surface area contributed by atoms with Crippen molar-refractivity contribution in [1.29, 1.82) is 0 Å². The van der Waals surface area contributed by atoms with E-state index in [1.807, 2.05) is 6.07 Å². The van der Waals surface area contributed by atoms with E-state index in [4.69, 9.17) is 4.74 Å². The lowest BCUT2D eigenvalue weighted by atomic mass is 10.3. The molecule has 0 saturated carbocycles. The summed E-state index contributed by atoms with van der Waals surface area (Å²) >= 11 is 3.27.